The maximum atomic E-state index is 12.8. The molecule has 0 saturated heterocycles. The molecule has 5 rings (SSSR count). The number of aromatic nitrogens is 5. The van der Waals surface area contributed by atoms with E-state index in [-0.39, 0.29) is 12.4 Å². The standard InChI is InChI=1S/C23H20N6O2/c1-14-3-2-4-15(9-14)20(13-30)28-23(31)22-26-18-10-16-12-25-29(17-5-7-24-8-6-17)21(16)11-19(18)27-22/h2-12,20,25,30H,13H2,1H3,(H,28,31)/t20-/m1/s1. The Morgan fingerprint density at radius 2 is 1.90 bits per heavy atom. The number of hydrogen-bond acceptors (Lipinski definition) is 5. The molecule has 0 unspecified atom stereocenters. The number of imidazole rings is 1. The van der Waals surface area contributed by atoms with E-state index in [4.69, 9.17) is 0 Å². The average molecular weight is 412 g/mol. The summed E-state index contributed by atoms with van der Waals surface area (Å²) < 4.78 is 1.92. The van der Waals surface area contributed by atoms with E-state index < -0.39 is 11.9 Å². The number of nitrogens with one attached hydrogen (secondary N) is 2. The monoisotopic (exact) mass is 412 g/mol. The van der Waals surface area contributed by atoms with Gasteiger partial charge in [-0.05, 0) is 36.8 Å². The van der Waals surface area contributed by atoms with Gasteiger partial charge in [-0.25, -0.2) is 9.97 Å². The summed E-state index contributed by atoms with van der Waals surface area (Å²) in [6, 6.07) is 14.7. The number of fused-ring (bicyclic) bond motifs is 2. The van der Waals surface area contributed by atoms with Gasteiger partial charge in [0, 0.05) is 24.0 Å². The number of pyridine rings is 1. The van der Waals surface area contributed by atoms with Crippen molar-refractivity contribution in [2.75, 3.05) is 6.61 Å². The van der Waals surface area contributed by atoms with Crippen LogP contribution in [0.15, 0.2) is 67.1 Å². The molecule has 3 aromatic heterocycles. The van der Waals surface area contributed by atoms with Crippen LogP contribution in [0.25, 0.3) is 27.6 Å². The Hall–Kier alpha value is -4.04. The molecule has 0 spiro atoms. The number of aliphatic hydroxyl groups is 1. The zero-order valence-corrected chi connectivity index (χ0v) is 16.8. The van der Waals surface area contributed by atoms with Crippen molar-refractivity contribution in [2.45, 2.75) is 13.0 Å². The van der Waals surface area contributed by atoms with Gasteiger partial charge in [-0.15, -0.1) is 0 Å². The van der Waals surface area contributed by atoms with Crippen LogP contribution in [0.3, 0.4) is 0 Å². The second kappa shape index (κ2) is 7.66. The lowest BCUT2D eigenvalue weighted by Gasteiger charge is -2.16. The van der Waals surface area contributed by atoms with Crippen LogP contribution in [0.5, 0.6) is 0 Å². The predicted octanol–water partition coefficient (Wildman–Crippen LogP) is 3.07. The molecule has 0 bridgehead atoms. The summed E-state index contributed by atoms with van der Waals surface area (Å²) >= 11 is 0. The number of amides is 1. The fourth-order valence-corrected chi connectivity index (χ4v) is 3.68. The molecule has 0 saturated carbocycles. The summed E-state index contributed by atoms with van der Waals surface area (Å²) in [5.41, 5.74) is 4.99. The molecular weight excluding hydrogens is 392 g/mol. The lowest BCUT2D eigenvalue weighted by molar-refractivity contribution is 0.0907. The molecule has 0 aliphatic rings. The highest BCUT2D eigenvalue weighted by atomic mass is 16.3. The van der Waals surface area contributed by atoms with Crippen LogP contribution in [0.4, 0.5) is 0 Å². The number of rotatable bonds is 5. The average Bonchev–Trinajstić information content (AvgIpc) is 3.39. The molecule has 0 aliphatic heterocycles. The molecule has 1 atom stereocenters. The SMILES string of the molecule is Cc1cccc([C@@H](CO)NC(=O)c2nc3cc4c[nH]n(-c5ccncc5)c4cc3n2)c1. The van der Waals surface area contributed by atoms with Crippen LogP contribution in [0.1, 0.15) is 27.8 Å². The Morgan fingerprint density at radius 3 is 2.65 bits per heavy atom. The first-order chi connectivity index (χ1) is 15.1. The van der Waals surface area contributed by atoms with E-state index in [1.54, 1.807) is 12.4 Å². The van der Waals surface area contributed by atoms with Crippen LogP contribution in [0, 0.1) is 6.92 Å². The van der Waals surface area contributed by atoms with Gasteiger partial charge < -0.3 is 15.5 Å². The number of aryl methyl sites for hydroxylation is 1. The van der Waals surface area contributed by atoms with E-state index in [0.29, 0.717) is 11.0 Å². The molecule has 3 heterocycles. The Labute approximate surface area is 177 Å². The molecule has 0 aliphatic carbocycles. The number of benzene rings is 2. The first kappa shape index (κ1) is 19.0. The minimum absolute atomic E-state index is 0.0770. The second-order valence-corrected chi connectivity index (χ2v) is 7.38. The van der Waals surface area contributed by atoms with Gasteiger partial charge in [0.1, 0.15) is 0 Å². The van der Waals surface area contributed by atoms with Crippen LogP contribution in [-0.2, 0) is 0 Å². The molecule has 5 aromatic rings. The van der Waals surface area contributed by atoms with Crippen molar-refractivity contribution in [1.82, 2.24) is 30.0 Å². The van der Waals surface area contributed by atoms with Crippen LogP contribution < -0.4 is 5.32 Å². The van der Waals surface area contributed by atoms with Crippen LogP contribution in [0.2, 0.25) is 0 Å². The number of H-pyrrole nitrogens is 1. The van der Waals surface area contributed by atoms with Crippen molar-refractivity contribution in [3.05, 3.63) is 84.1 Å². The van der Waals surface area contributed by atoms with E-state index in [1.165, 1.54) is 0 Å². The minimum atomic E-state index is -0.529. The number of aliphatic hydroxyl groups excluding tert-OH is 1. The molecule has 8 nitrogen and oxygen atoms in total. The zero-order chi connectivity index (χ0) is 21.4. The molecule has 2 aromatic carbocycles. The molecule has 8 heteroatoms. The molecule has 0 radical (unpaired) electrons. The van der Waals surface area contributed by atoms with Gasteiger partial charge in [0.05, 0.1) is 34.9 Å². The lowest BCUT2D eigenvalue weighted by atomic mass is 10.1. The third-order valence-electron chi connectivity index (χ3n) is 5.22. The normalized spacial score (nSPS) is 12.3. The van der Waals surface area contributed by atoms with Crippen molar-refractivity contribution in [1.29, 1.82) is 0 Å². The lowest BCUT2D eigenvalue weighted by Crippen LogP contribution is -2.31. The van der Waals surface area contributed by atoms with Gasteiger partial charge in [-0.1, -0.05) is 29.8 Å². The quantitative estimate of drug-likeness (QED) is 0.411. The third kappa shape index (κ3) is 3.53. The second-order valence-electron chi connectivity index (χ2n) is 7.38. The fourth-order valence-electron chi connectivity index (χ4n) is 3.68. The van der Waals surface area contributed by atoms with E-state index in [9.17, 15) is 9.90 Å². The molecule has 31 heavy (non-hydrogen) atoms. The van der Waals surface area contributed by atoms with Crippen molar-refractivity contribution < 1.29 is 9.90 Å². The van der Waals surface area contributed by atoms with Crippen molar-refractivity contribution in [3.8, 4) is 5.69 Å². The number of hydrogen-bond donors (Lipinski definition) is 3. The summed E-state index contributed by atoms with van der Waals surface area (Å²) in [6.07, 6.45) is 5.33. The topological polar surface area (TPSA) is 109 Å². The summed E-state index contributed by atoms with van der Waals surface area (Å²) in [5, 5.41) is 16.8. The van der Waals surface area contributed by atoms with Crippen molar-refractivity contribution in [2.24, 2.45) is 0 Å². The van der Waals surface area contributed by atoms with Gasteiger partial charge in [0.2, 0.25) is 5.82 Å². The Balaban J connectivity index is 1.47. The summed E-state index contributed by atoms with van der Waals surface area (Å²) in [4.78, 5) is 25.7. The van der Waals surface area contributed by atoms with E-state index in [2.05, 4.69) is 25.4 Å². The first-order valence-corrected chi connectivity index (χ1v) is 9.89. The zero-order valence-electron chi connectivity index (χ0n) is 16.8. The Morgan fingerprint density at radius 1 is 1.13 bits per heavy atom. The minimum Gasteiger partial charge on any atom is -0.394 e. The van der Waals surface area contributed by atoms with E-state index in [0.717, 1.165) is 27.7 Å². The summed E-state index contributed by atoms with van der Waals surface area (Å²) in [7, 11) is 0. The number of nitrogens with zero attached hydrogens (tertiary/aromatic N) is 4. The van der Waals surface area contributed by atoms with Crippen molar-refractivity contribution >= 4 is 27.8 Å². The Bertz CT molecular complexity index is 1390. The van der Waals surface area contributed by atoms with Crippen molar-refractivity contribution in [3.63, 3.8) is 0 Å². The molecule has 1 amide bonds. The summed E-state index contributed by atoms with van der Waals surface area (Å²) in [5.74, 6) is -0.349. The molecule has 0 fully saturated rings. The van der Waals surface area contributed by atoms with E-state index in [1.807, 2.05) is 66.3 Å². The highest BCUT2D eigenvalue weighted by Crippen LogP contribution is 2.24. The van der Waals surface area contributed by atoms with Crippen LogP contribution >= 0.6 is 0 Å². The Kier molecular flexibility index (Phi) is 4.68. The smallest absolute Gasteiger partial charge is 0.289 e. The first-order valence-electron chi connectivity index (χ1n) is 9.89. The third-order valence-corrected chi connectivity index (χ3v) is 5.22. The molecule has 154 valence electrons. The molecular formula is C23H20N6O2. The number of carbonyl (C=O) groups excluding carboxylic acids is 1. The van der Waals surface area contributed by atoms with Gasteiger partial charge in [-0.3, -0.25) is 14.5 Å². The van der Waals surface area contributed by atoms with Gasteiger partial charge in [0.25, 0.3) is 5.91 Å². The summed E-state index contributed by atoms with van der Waals surface area (Å²) in [6.45, 7) is 1.75. The van der Waals surface area contributed by atoms with Gasteiger partial charge in [0.15, 0.2) is 0 Å². The number of carbonyl (C=O) groups is 1. The highest BCUT2D eigenvalue weighted by Gasteiger charge is 2.19. The van der Waals surface area contributed by atoms with Crippen LogP contribution in [-0.4, -0.2) is 42.4 Å². The predicted molar refractivity (Wildman–Crippen MR) is 117 cm³/mol. The van der Waals surface area contributed by atoms with E-state index >= 15 is 0 Å². The maximum Gasteiger partial charge on any atom is 0.289 e. The highest BCUT2D eigenvalue weighted by molar-refractivity contribution is 5.98. The molecule has 3 N–H and O–H groups in total. The maximum absolute atomic E-state index is 12.8. The number of aromatic amines is 1. The fraction of sp³-hybridized carbons (Fsp3) is 0.130. The van der Waals surface area contributed by atoms with Gasteiger partial charge >= 0.3 is 0 Å². The largest absolute Gasteiger partial charge is 0.394 e. The van der Waals surface area contributed by atoms with Gasteiger partial charge in [-0.2, -0.15) is 0 Å².